The molecule has 5 nitrogen and oxygen atoms in total. The van der Waals surface area contributed by atoms with Gasteiger partial charge in [0.2, 0.25) is 5.91 Å². The van der Waals surface area contributed by atoms with Crippen molar-refractivity contribution in [1.29, 1.82) is 0 Å². The van der Waals surface area contributed by atoms with E-state index in [1.807, 2.05) is 32.0 Å². The molecule has 0 radical (unpaired) electrons. The van der Waals surface area contributed by atoms with Crippen LogP contribution < -0.4 is 11.1 Å². The monoisotopic (exact) mass is 396 g/mol. The number of carbonyl (C=O) groups is 1. The van der Waals surface area contributed by atoms with Gasteiger partial charge in [0.25, 0.3) is 0 Å². The summed E-state index contributed by atoms with van der Waals surface area (Å²) in [7, 11) is -3.34. The summed E-state index contributed by atoms with van der Waals surface area (Å²) in [5, 5.41) is 2.93. The van der Waals surface area contributed by atoms with E-state index in [1.165, 1.54) is 6.26 Å². The van der Waals surface area contributed by atoms with Gasteiger partial charge >= 0.3 is 0 Å². The van der Waals surface area contributed by atoms with Crippen LogP contribution in [0.1, 0.15) is 35.2 Å². The number of rotatable bonds is 5. The number of amides is 1. The minimum atomic E-state index is -3.34. The van der Waals surface area contributed by atoms with E-state index in [2.05, 4.69) is 5.32 Å². The molecule has 26 heavy (non-hydrogen) atoms. The maximum atomic E-state index is 12.2. The SMILES string of the molecule is Cc1ccc(C(NC(=O)[C@H](C)N)c2cccc(S(C)(=O)=O)c2)c(C)c1.Cl. The molecule has 2 aromatic carbocycles. The van der Waals surface area contributed by atoms with Crippen LogP contribution in [0, 0.1) is 13.8 Å². The van der Waals surface area contributed by atoms with Crippen molar-refractivity contribution in [2.24, 2.45) is 5.73 Å². The van der Waals surface area contributed by atoms with E-state index in [0.29, 0.717) is 5.56 Å². The highest BCUT2D eigenvalue weighted by atomic mass is 35.5. The second-order valence-electron chi connectivity index (χ2n) is 6.43. The molecular weight excluding hydrogens is 372 g/mol. The van der Waals surface area contributed by atoms with Gasteiger partial charge in [0.15, 0.2) is 9.84 Å². The first-order valence-electron chi connectivity index (χ1n) is 8.02. The van der Waals surface area contributed by atoms with Crippen LogP contribution in [0.15, 0.2) is 47.4 Å². The van der Waals surface area contributed by atoms with Crippen LogP contribution in [0.4, 0.5) is 0 Å². The van der Waals surface area contributed by atoms with Gasteiger partial charge in [-0.1, -0.05) is 35.9 Å². The fourth-order valence-corrected chi connectivity index (χ4v) is 3.36. The first-order valence-corrected chi connectivity index (χ1v) is 9.92. The second kappa shape index (κ2) is 8.66. The van der Waals surface area contributed by atoms with Crippen molar-refractivity contribution in [2.45, 2.75) is 37.8 Å². The molecule has 1 amide bonds. The van der Waals surface area contributed by atoms with Gasteiger partial charge in [-0.3, -0.25) is 4.79 Å². The van der Waals surface area contributed by atoms with E-state index in [1.54, 1.807) is 31.2 Å². The molecule has 7 heteroatoms. The summed E-state index contributed by atoms with van der Waals surface area (Å²) < 4.78 is 23.8. The van der Waals surface area contributed by atoms with Crippen LogP contribution in [0.25, 0.3) is 0 Å². The number of hydrogen-bond acceptors (Lipinski definition) is 4. The fraction of sp³-hybridized carbons (Fsp3) is 0.316. The standard InChI is InChI=1S/C19H24N2O3S.ClH/c1-12-8-9-17(13(2)10-12)18(21-19(22)14(3)20)15-6-5-7-16(11-15)25(4,23)24;/h5-11,14,18H,20H2,1-4H3,(H,21,22);1H/t14-,18?;/m0./s1. The molecule has 0 bridgehead atoms. The van der Waals surface area contributed by atoms with Gasteiger partial charge in [-0.15, -0.1) is 12.4 Å². The first-order chi connectivity index (χ1) is 11.6. The minimum absolute atomic E-state index is 0. The highest BCUT2D eigenvalue weighted by Gasteiger charge is 2.21. The molecule has 0 fully saturated rings. The summed E-state index contributed by atoms with van der Waals surface area (Å²) in [6.45, 7) is 5.58. The molecule has 142 valence electrons. The molecule has 0 aromatic heterocycles. The van der Waals surface area contributed by atoms with Crippen molar-refractivity contribution < 1.29 is 13.2 Å². The van der Waals surface area contributed by atoms with Crippen LogP contribution in [-0.4, -0.2) is 26.6 Å². The van der Waals surface area contributed by atoms with Crippen molar-refractivity contribution in [3.05, 3.63) is 64.7 Å². The normalized spacial score (nSPS) is 13.4. The number of nitrogens with two attached hydrogens (primary N) is 1. The third kappa shape index (κ3) is 5.30. The Bertz CT molecular complexity index is 895. The maximum absolute atomic E-state index is 12.2. The first kappa shape index (κ1) is 22.2. The van der Waals surface area contributed by atoms with Crippen molar-refractivity contribution in [1.82, 2.24) is 5.32 Å². The molecule has 0 heterocycles. The van der Waals surface area contributed by atoms with Crippen molar-refractivity contribution in [3.8, 4) is 0 Å². The number of aryl methyl sites for hydroxylation is 2. The Labute approximate surface area is 161 Å². The van der Waals surface area contributed by atoms with Gasteiger partial charge in [-0.05, 0) is 49.6 Å². The lowest BCUT2D eigenvalue weighted by Gasteiger charge is -2.23. The number of sulfone groups is 1. The third-order valence-corrected chi connectivity index (χ3v) is 5.17. The van der Waals surface area contributed by atoms with Crippen LogP contribution >= 0.6 is 12.4 Å². The Morgan fingerprint density at radius 2 is 1.77 bits per heavy atom. The number of carbonyl (C=O) groups excluding carboxylic acids is 1. The minimum Gasteiger partial charge on any atom is -0.344 e. The summed E-state index contributed by atoms with van der Waals surface area (Å²) >= 11 is 0. The van der Waals surface area contributed by atoms with Crippen LogP contribution in [0.2, 0.25) is 0 Å². The van der Waals surface area contributed by atoms with Crippen molar-refractivity contribution >= 4 is 28.2 Å². The van der Waals surface area contributed by atoms with E-state index in [4.69, 9.17) is 5.73 Å². The molecule has 0 spiro atoms. The largest absolute Gasteiger partial charge is 0.344 e. The number of hydrogen-bond donors (Lipinski definition) is 2. The average Bonchev–Trinajstić information content (AvgIpc) is 2.52. The Hall–Kier alpha value is -1.89. The molecular formula is C19H25ClN2O3S. The number of halogens is 1. The highest BCUT2D eigenvalue weighted by Crippen LogP contribution is 2.27. The quantitative estimate of drug-likeness (QED) is 0.813. The van der Waals surface area contributed by atoms with Gasteiger partial charge in [0, 0.05) is 6.26 Å². The predicted molar refractivity (Wildman–Crippen MR) is 106 cm³/mol. The van der Waals surface area contributed by atoms with Crippen LogP contribution in [0.5, 0.6) is 0 Å². The fourth-order valence-electron chi connectivity index (χ4n) is 2.69. The second-order valence-corrected chi connectivity index (χ2v) is 8.45. The average molecular weight is 397 g/mol. The van der Waals surface area contributed by atoms with Gasteiger partial charge < -0.3 is 11.1 Å². The molecule has 0 aliphatic carbocycles. The number of benzene rings is 2. The van der Waals surface area contributed by atoms with Crippen molar-refractivity contribution in [3.63, 3.8) is 0 Å². The lowest BCUT2D eigenvalue weighted by atomic mass is 9.93. The summed E-state index contributed by atoms with van der Waals surface area (Å²) in [6.07, 6.45) is 1.17. The van der Waals surface area contributed by atoms with Crippen LogP contribution in [-0.2, 0) is 14.6 Å². The van der Waals surface area contributed by atoms with E-state index >= 15 is 0 Å². The molecule has 0 aliphatic heterocycles. The molecule has 0 saturated carbocycles. The molecule has 1 unspecified atom stereocenters. The summed E-state index contributed by atoms with van der Waals surface area (Å²) in [5.41, 5.74) is 9.43. The zero-order valence-electron chi connectivity index (χ0n) is 15.3. The molecule has 2 aromatic rings. The third-order valence-electron chi connectivity index (χ3n) is 4.06. The van der Waals surface area contributed by atoms with E-state index < -0.39 is 21.9 Å². The zero-order valence-corrected chi connectivity index (χ0v) is 16.9. The molecule has 0 saturated heterocycles. The van der Waals surface area contributed by atoms with Gasteiger partial charge in [0.1, 0.15) is 0 Å². The van der Waals surface area contributed by atoms with Gasteiger partial charge in [-0.2, -0.15) is 0 Å². The van der Waals surface area contributed by atoms with E-state index in [-0.39, 0.29) is 23.2 Å². The Morgan fingerprint density at radius 1 is 1.12 bits per heavy atom. The molecule has 0 aliphatic rings. The lowest BCUT2D eigenvalue weighted by molar-refractivity contribution is -0.122. The topological polar surface area (TPSA) is 89.3 Å². The molecule has 2 rings (SSSR count). The smallest absolute Gasteiger partial charge is 0.237 e. The Kier molecular flexibility index (Phi) is 7.38. The predicted octanol–water partition coefficient (Wildman–Crippen LogP) is 2.68. The summed E-state index contributed by atoms with van der Waals surface area (Å²) in [6, 6.07) is 11.4. The zero-order chi connectivity index (χ0) is 18.8. The number of nitrogens with one attached hydrogen (secondary N) is 1. The highest BCUT2D eigenvalue weighted by molar-refractivity contribution is 7.90. The van der Waals surface area contributed by atoms with E-state index in [0.717, 1.165) is 16.7 Å². The van der Waals surface area contributed by atoms with Gasteiger partial charge in [-0.25, -0.2) is 8.42 Å². The van der Waals surface area contributed by atoms with Crippen LogP contribution in [0.3, 0.4) is 0 Å². The van der Waals surface area contributed by atoms with E-state index in [9.17, 15) is 13.2 Å². The van der Waals surface area contributed by atoms with Gasteiger partial charge in [0.05, 0.1) is 17.0 Å². The summed E-state index contributed by atoms with van der Waals surface area (Å²) in [4.78, 5) is 12.4. The Morgan fingerprint density at radius 3 is 2.31 bits per heavy atom. The maximum Gasteiger partial charge on any atom is 0.237 e. The molecule has 3 N–H and O–H groups in total. The Balaban J connectivity index is 0.00000338. The van der Waals surface area contributed by atoms with Crippen molar-refractivity contribution in [2.75, 3.05) is 6.26 Å². The molecule has 2 atom stereocenters. The lowest BCUT2D eigenvalue weighted by Crippen LogP contribution is -2.40. The summed E-state index contributed by atoms with van der Waals surface area (Å²) in [5.74, 6) is -0.297.